The Morgan fingerprint density at radius 3 is 2.40 bits per heavy atom. The van der Waals surface area contributed by atoms with E-state index in [4.69, 9.17) is 9.47 Å². The molecule has 162 valence electrons. The first-order valence-corrected chi connectivity index (χ1v) is 10.2. The second kappa shape index (κ2) is 9.15. The molecule has 1 aromatic rings. The van der Waals surface area contributed by atoms with Crippen molar-refractivity contribution in [1.29, 1.82) is 0 Å². The number of carbonyl (C=O) groups excluding carboxylic acids is 4. The van der Waals surface area contributed by atoms with E-state index in [-0.39, 0.29) is 6.61 Å². The van der Waals surface area contributed by atoms with E-state index in [9.17, 15) is 19.2 Å². The van der Waals surface area contributed by atoms with Crippen LogP contribution in [-0.4, -0.2) is 47.6 Å². The van der Waals surface area contributed by atoms with Gasteiger partial charge in [-0.2, -0.15) is 5.01 Å². The van der Waals surface area contributed by atoms with Gasteiger partial charge in [-0.15, -0.1) is 0 Å². The summed E-state index contributed by atoms with van der Waals surface area (Å²) in [6.07, 6.45) is 3.79. The molecule has 2 N–H and O–H groups in total. The third-order valence-corrected chi connectivity index (χ3v) is 5.37. The molecule has 0 atom stereocenters. The summed E-state index contributed by atoms with van der Waals surface area (Å²) in [4.78, 5) is 48.6. The van der Waals surface area contributed by atoms with Crippen molar-refractivity contribution >= 4 is 23.8 Å². The molecule has 1 aliphatic carbocycles. The number of carbonyl (C=O) groups is 4. The first-order chi connectivity index (χ1) is 14.3. The first kappa shape index (κ1) is 21.6. The molecule has 4 amide bonds. The third-order valence-electron chi connectivity index (χ3n) is 5.37. The molecular weight excluding hydrogens is 390 g/mol. The van der Waals surface area contributed by atoms with Crippen molar-refractivity contribution < 1.29 is 28.7 Å². The maximum absolute atomic E-state index is 12.6. The molecular formula is C21H27N3O6. The highest BCUT2D eigenvalue weighted by Crippen LogP contribution is 2.32. The molecule has 1 heterocycles. The lowest BCUT2D eigenvalue weighted by molar-refractivity contribution is -0.152. The predicted octanol–water partition coefficient (Wildman–Crippen LogP) is 2.02. The van der Waals surface area contributed by atoms with Crippen LogP contribution in [-0.2, 0) is 19.1 Å². The van der Waals surface area contributed by atoms with Crippen LogP contribution in [0.2, 0.25) is 0 Å². The van der Waals surface area contributed by atoms with Gasteiger partial charge >= 0.3 is 12.0 Å². The maximum Gasteiger partial charge on any atom is 0.344 e. The number of hydrogen-bond donors (Lipinski definition) is 2. The van der Waals surface area contributed by atoms with Gasteiger partial charge in [0.2, 0.25) is 0 Å². The van der Waals surface area contributed by atoms with E-state index < -0.39 is 36.0 Å². The molecule has 1 aliphatic heterocycles. The standard InChI is InChI=1S/C21H27N3O6/c1-14(2)15-6-8-16(9-7-15)29-13-18(26)30-12-17(25)23-24-19(27)21(22-20(24)28)10-4-3-5-11-21/h6-9,14H,3-5,10-13H2,1-2H3,(H,22,28)(H,23,25). The molecule has 0 aromatic heterocycles. The average Bonchev–Trinajstić information content (AvgIpc) is 2.95. The minimum atomic E-state index is -0.932. The molecule has 1 saturated heterocycles. The molecule has 1 spiro atoms. The predicted molar refractivity (Wildman–Crippen MR) is 106 cm³/mol. The van der Waals surface area contributed by atoms with Crippen molar-refractivity contribution in [1.82, 2.24) is 15.8 Å². The summed E-state index contributed by atoms with van der Waals surface area (Å²) >= 11 is 0. The number of nitrogens with zero attached hydrogens (tertiary/aromatic N) is 1. The van der Waals surface area contributed by atoms with Crippen LogP contribution >= 0.6 is 0 Å². The van der Waals surface area contributed by atoms with Gasteiger partial charge in [-0.05, 0) is 36.5 Å². The Kier molecular flexibility index (Phi) is 6.59. The zero-order valence-electron chi connectivity index (χ0n) is 17.2. The third kappa shape index (κ3) is 4.90. The summed E-state index contributed by atoms with van der Waals surface area (Å²) in [5.41, 5.74) is 2.43. The van der Waals surface area contributed by atoms with Gasteiger partial charge in [0.1, 0.15) is 11.3 Å². The fourth-order valence-electron chi connectivity index (χ4n) is 3.65. The van der Waals surface area contributed by atoms with Gasteiger partial charge < -0.3 is 14.8 Å². The van der Waals surface area contributed by atoms with Gasteiger partial charge in [-0.1, -0.05) is 45.2 Å². The Labute approximate surface area is 175 Å². The van der Waals surface area contributed by atoms with Crippen molar-refractivity contribution in [2.24, 2.45) is 0 Å². The van der Waals surface area contributed by atoms with Gasteiger partial charge in [-0.3, -0.25) is 15.0 Å². The summed E-state index contributed by atoms with van der Waals surface area (Å²) in [5.74, 6) is -1.09. The van der Waals surface area contributed by atoms with E-state index in [1.54, 1.807) is 12.1 Å². The molecule has 2 aliphatic rings. The van der Waals surface area contributed by atoms with Gasteiger partial charge in [0.05, 0.1) is 0 Å². The topological polar surface area (TPSA) is 114 Å². The summed E-state index contributed by atoms with van der Waals surface area (Å²) in [5, 5.41) is 3.36. The highest BCUT2D eigenvalue weighted by atomic mass is 16.6. The minimum absolute atomic E-state index is 0.361. The summed E-state index contributed by atoms with van der Waals surface area (Å²) < 4.78 is 10.2. The smallest absolute Gasteiger partial charge is 0.344 e. The highest BCUT2D eigenvalue weighted by molar-refractivity contribution is 6.08. The number of amides is 4. The number of imide groups is 1. The number of benzene rings is 1. The largest absolute Gasteiger partial charge is 0.482 e. The Morgan fingerprint density at radius 1 is 1.10 bits per heavy atom. The van der Waals surface area contributed by atoms with Crippen molar-refractivity contribution in [3.8, 4) is 5.75 Å². The van der Waals surface area contributed by atoms with Crippen LogP contribution < -0.4 is 15.5 Å². The lowest BCUT2D eigenvalue weighted by Gasteiger charge is -2.30. The maximum atomic E-state index is 12.6. The molecule has 0 unspecified atom stereocenters. The molecule has 0 radical (unpaired) electrons. The van der Waals surface area contributed by atoms with Gasteiger partial charge in [0.25, 0.3) is 11.8 Å². The second-order valence-corrected chi connectivity index (χ2v) is 7.92. The Morgan fingerprint density at radius 2 is 1.77 bits per heavy atom. The van der Waals surface area contributed by atoms with Crippen molar-refractivity contribution in [3.05, 3.63) is 29.8 Å². The van der Waals surface area contributed by atoms with E-state index in [2.05, 4.69) is 24.6 Å². The fourth-order valence-corrected chi connectivity index (χ4v) is 3.65. The van der Waals surface area contributed by atoms with E-state index in [1.807, 2.05) is 12.1 Å². The van der Waals surface area contributed by atoms with Crippen molar-refractivity contribution in [2.75, 3.05) is 13.2 Å². The summed E-state index contributed by atoms with van der Waals surface area (Å²) in [6.45, 7) is 3.16. The van der Waals surface area contributed by atoms with E-state index in [0.717, 1.165) is 24.8 Å². The van der Waals surface area contributed by atoms with E-state index in [0.29, 0.717) is 29.5 Å². The SMILES string of the molecule is CC(C)c1ccc(OCC(=O)OCC(=O)NN2C(=O)NC3(CCCCC3)C2=O)cc1. The van der Waals surface area contributed by atoms with Crippen LogP contribution in [0, 0.1) is 0 Å². The lowest BCUT2D eigenvalue weighted by atomic mass is 9.82. The van der Waals surface area contributed by atoms with Gasteiger partial charge in [0.15, 0.2) is 13.2 Å². The zero-order chi connectivity index (χ0) is 21.7. The molecule has 0 bridgehead atoms. The number of esters is 1. The van der Waals surface area contributed by atoms with Gasteiger partial charge in [0, 0.05) is 0 Å². The zero-order valence-corrected chi connectivity index (χ0v) is 17.2. The molecule has 3 rings (SSSR count). The first-order valence-electron chi connectivity index (χ1n) is 10.2. The van der Waals surface area contributed by atoms with Crippen LogP contribution in [0.1, 0.15) is 57.4 Å². The molecule has 30 heavy (non-hydrogen) atoms. The van der Waals surface area contributed by atoms with Crippen LogP contribution in [0.3, 0.4) is 0 Å². The minimum Gasteiger partial charge on any atom is -0.482 e. The number of hydrazine groups is 1. The summed E-state index contributed by atoms with van der Waals surface area (Å²) in [7, 11) is 0. The fraction of sp³-hybridized carbons (Fsp3) is 0.524. The summed E-state index contributed by atoms with van der Waals surface area (Å²) in [6, 6.07) is 6.67. The molecule has 1 aromatic carbocycles. The molecule has 9 heteroatoms. The lowest BCUT2D eigenvalue weighted by Crippen LogP contribution is -2.51. The Bertz CT molecular complexity index is 815. The number of hydrogen-bond acceptors (Lipinski definition) is 6. The number of urea groups is 1. The van der Waals surface area contributed by atoms with Crippen molar-refractivity contribution in [3.63, 3.8) is 0 Å². The average molecular weight is 417 g/mol. The second-order valence-electron chi connectivity index (χ2n) is 7.92. The van der Waals surface area contributed by atoms with Crippen LogP contribution in [0.15, 0.2) is 24.3 Å². The molecule has 1 saturated carbocycles. The number of rotatable bonds is 7. The Balaban J connectivity index is 1.42. The Hall–Kier alpha value is -3.10. The van der Waals surface area contributed by atoms with Crippen molar-refractivity contribution in [2.45, 2.75) is 57.4 Å². The highest BCUT2D eigenvalue weighted by Gasteiger charge is 2.52. The number of nitrogens with one attached hydrogen (secondary N) is 2. The normalized spacial score (nSPS) is 17.8. The quantitative estimate of drug-likeness (QED) is 0.518. The van der Waals surface area contributed by atoms with Crippen LogP contribution in [0.5, 0.6) is 5.75 Å². The van der Waals surface area contributed by atoms with Crippen LogP contribution in [0.4, 0.5) is 4.79 Å². The van der Waals surface area contributed by atoms with E-state index >= 15 is 0 Å². The molecule has 2 fully saturated rings. The number of ether oxygens (including phenoxy) is 2. The van der Waals surface area contributed by atoms with Gasteiger partial charge in [-0.25, -0.2) is 9.59 Å². The van der Waals surface area contributed by atoms with E-state index in [1.165, 1.54) is 0 Å². The van der Waals surface area contributed by atoms with Crippen LogP contribution in [0.25, 0.3) is 0 Å². The monoisotopic (exact) mass is 417 g/mol. The molecule has 9 nitrogen and oxygen atoms in total.